The van der Waals surface area contributed by atoms with Gasteiger partial charge in [0, 0.05) is 13.1 Å². The molecule has 0 spiro atoms. The van der Waals surface area contributed by atoms with Crippen LogP contribution in [0.3, 0.4) is 0 Å². The van der Waals surface area contributed by atoms with Gasteiger partial charge in [-0.15, -0.1) is 0 Å². The largest absolute Gasteiger partial charge is 0.243 e. The maximum atomic E-state index is 12.6. The minimum absolute atomic E-state index is 0.405. The molecule has 0 bridgehead atoms. The lowest BCUT2D eigenvalue weighted by molar-refractivity contribution is 0.431. The van der Waals surface area contributed by atoms with Crippen molar-refractivity contribution in [2.45, 2.75) is 24.9 Å². The van der Waals surface area contributed by atoms with E-state index in [0.29, 0.717) is 18.0 Å². The molecule has 19 heavy (non-hydrogen) atoms. The first-order valence-electron chi connectivity index (χ1n) is 6.21. The Morgan fingerprint density at radius 2 is 1.42 bits per heavy atom. The van der Waals surface area contributed by atoms with Crippen LogP contribution in [0.2, 0.25) is 0 Å². The Bertz CT molecular complexity index is 697. The van der Waals surface area contributed by atoms with Crippen molar-refractivity contribution >= 4 is 10.0 Å². The minimum atomic E-state index is -3.40. The van der Waals surface area contributed by atoms with Crippen LogP contribution < -0.4 is 0 Å². The maximum Gasteiger partial charge on any atom is 0.243 e. The second-order valence-electron chi connectivity index (χ2n) is 4.81. The summed E-state index contributed by atoms with van der Waals surface area (Å²) in [5.74, 6) is 0. The monoisotopic (exact) mass is 273 g/mol. The van der Waals surface area contributed by atoms with E-state index in [0.717, 1.165) is 16.7 Å². The van der Waals surface area contributed by atoms with Crippen LogP contribution in [0, 0.1) is 6.92 Å². The van der Waals surface area contributed by atoms with Gasteiger partial charge in [-0.05, 0) is 29.7 Å². The normalized spacial score (nSPS) is 15.4. The summed E-state index contributed by atoms with van der Waals surface area (Å²) in [6.07, 6.45) is 0. The predicted molar refractivity (Wildman–Crippen MR) is 74.1 cm³/mol. The van der Waals surface area contributed by atoms with E-state index in [4.69, 9.17) is 0 Å². The van der Waals surface area contributed by atoms with E-state index in [1.54, 1.807) is 16.4 Å². The zero-order chi connectivity index (χ0) is 13.5. The number of rotatable bonds is 2. The third kappa shape index (κ3) is 2.07. The molecule has 0 atom stereocenters. The summed E-state index contributed by atoms with van der Waals surface area (Å²) in [7, 11) is -3.40. The lowest BCUT2D eigenvalue weighted by atomic mass is 10.1. The van der Waals surface area contributed by atoms with E-state index in [-0.39, 0.29) is 0 Å². The number of benzene rings is 2. The number of hydrogen-bond acceptors (Lipinski definition) is 2. The van der Waals surface area contributed by atoms with E-state index in [1.165, 1.54) is 0 Å². The second kappa shape index (κ2) is 4.47. The van der Waals surface area contributed by atoms with Gasteiger partial charge < -0.3 is 0 Å². The van der Waals surface area contributed by atoms with Gasteiger partial charge in [0.15, 0.2) is 0 Å². The molecule has 0 saturated carbocycles. The lowest BCUT2D eigenvalue weighted by Crippen LogP contribution is -2.26. The summed E-state index contributed by atoms with van der Waals surface area (Å²) in [4.78, 5) is 0.405. The van der Waals surface area contributed by atoms with Crippen LogP contribution in [0.25, 0.3) is 0 Å². The van der Waals surface area contributed by atoms with Gasteiger partial charge in [-0.2, -0.15) is 4.31 Å². The number of aryl methyl sites for hydroxylation is 1. The number of sulfonamides is 1. The summed E-state index contributed by atoms with van der Waals surface area (Å²) < 4.78 is 26.8. The molecule has 0 N–H and O–H groups in total. The van der Waals surface area contributed by atoms with E-state index in [2.05, 4.69) is 0 Å². The molecular weight excluding hydrogens is 258 g/mol. The SMILES string of the molecule is Cc1ccccc1S(=O)(=O)N1Cc2ccccc2C1. The van der Waals surface area contributed by atoms with Crippen molar-refractivity contribution in [1.29, 1.82) is 0 Å². The summed E-state index contributed by atoms with van der Waals surface area (Å²) in [6, 6.07) is 15.0. The fraction of sp³-hybridized carbons (Fsp3) is 0.200. The van der Waals surface area contributed by atoms with Crippen LogP contribution in [0.5, 0.6) is 0 Å². The quantitative estimate of drug-likeness (QED) is 0.843. The molecule has 3 rings (SSSR count). The zero-order valence-corrected chi connectivity index (χ0v) is 11.5. The molecule has 1 aliphatic rings. The smallest absolute Gasteiger partial charge is 0.207 e. The highest BCUT2D eigenvalue weighted by atomic mass is 32.2. The van der Waals surface area contributed by atoms with Gasteiger partial charge in [0.25, 0.3) is 0 Å². The molecule has 3 nitrogen and oxygen atoms in total. The van der Waals surface area contributed by atoms with Crippen LogP contribution >= 0.6 is 0 Å². The molecule has 1 aliphatic heterocycles. The van der Waals surface area contributed by atoms with Crippen LogP contribution in [0.15, 0.2) is 53.4 Å². The second-order valence-corrected chi connectivity index (χ2v) is 6.71. The Balaban J connectivity index is 1.99. The summed E-state index contributed by atoms with van der Waals surface area (Å²) >= 11 is 0. The van der Waals surface area contributed by atoms with Crippen molar-refractivity contribution in [2.75, 3.05) is 0 Å². The standard InChI is InChI=1S/C15H15NO2S/c1-12-6-2-5-9-15(12)19(17,18)16-10-13-7-3-4-8-14(13)11-16/h2-9H,10-11H2,1H3. The first-order valence-corrected chi connectivity index (χ1v) is 7.65. The van der Waals surface area contributed by atoms with E-state index < -0.39 is 10.0 Å². The zero-order valence-electron chi connectivity index (χ0n) is 10.7. The summed E-state index contributed by atoms with van der Waals surface area (Å²) in [5, 5.41) is 0. The van der Waals surface area contributed by atoms with Gasteiger partial charge in [0.1, 0.15) is 0 Å². The van der Waals surface area contributed by atoms with E-state index in [1.807, 2.05) is 43.3 Å². The molecule has 0 radical (unpaired) electrons. The molecule has 2 aromatic carbocycles. The van der Waals surface area contributed by atoms with Crippen molar-refractivity contribution in [3.63, 3.8) is 0 Å². The third-order valence-corrected chi connectivity index (χ3v) is 5.48. The Morgan fingerprint density at radius 3 is 2.00 bits per heavy atom. The number of nitrogens with zero attached hydrogens (tertiary/aromatic N) is 1. The van der Waals surface area contributed by atoms with Gasteiger partial charge in [-0.1, -0.05) is 42.5 Å². The van der Waals surface area contributed by atoms with E-state index in [9.17, 15) is 8.42 Å². The molecule has 0 amide bonds. The first kappa shape index (κ1) is 12.4. The average molecular weight is 273 g/mol. The number of hydrogen-bond donors (Lipinski definition) is 0. The molecule has 0 unspecified atom stereocenters. The fourth-order valence-electron chi connectivity index (χ4n) is 2.46. The van der Waals surface area contributed by atoms with Crippen LogP contribution in [0.4, 0.5) is 0 Å². The third-order valence-electron chi connectivity index (χ3n) is 3.52. The van der Waals surface area contributed by atoms with Crippen molar-refractivity contribution in [3.8, 4) is 0 Å². The van der Waals surface area contributed by atoms with E-state index >= 15 is 0 Å². The minimum Gasteiger partial charge on any atom is -0.207 e. The molecular formula is C15H15NO2S. The summed E-state index contributed by atoms with van der Waals surface area (Å²) in [5.41, 5.74) is 2.98. The van der Waals surface area contributed by atoms with Crippen molar-refractivity contribution in [1.82, 2.24) is 4.31 Å². The molecule has 0 aliphatic carbocycles. The highest BCUT2D eigenvalue weighted by Crippen LogP contribution is 2.29. The molecule has 1 heterocycles. The Labute approximate surface area is 113 Å². The fourth-order valence-corrected chi connectivity index (χ4v) is 4.08. The Kier molecular flexibility index (Phi) is 2.92. The lowest BCUT2D eigenvalue weighted by Gasteiger charge is -2.17. The molecule has 0 fully saturated rings. The van der Waals surface area contributed by atoms with Crippen LogP contribution in [-0.2, 0) is 23.1 Å². The number of fused-ring (bicyclic) bond motifs is 1. The maximum absolute atomic E-state index is 12.6. The molecule has 0 aromatic heterocycles. The highest BCUT2D eigenvalue weighted by molar-refractivity contribution is 7.89. The van der Waals surface area contributed by atoms with Crippen LogP contribution in [0.1, 0.15) is 16.7 Å². The Morgan fingerprint density at radius 1 is 0.895 bits per heavy atom. The highest BCUT2D eigenvalue weighted by Gasteiger charge is 2.30. The van der Waals surface area contributed by atoms with Gasteiger partial charge in [-0.3, -0.25) is 0 Å². The van der Waals surface area contributed by atoms with Gasteiger partial charge in [0.05, 0.1) is 4.90 Å². The molecule has 0 saturated heterocycles. The Hall–Kier alpha value is -1.65. The molecule has 2 aromatic rings. The van der Waals surface area contributed by atoms with Gasteiger partial charge >= 0.3 is 0 Å². The van der Waals surface area contributed by atoms with Crippen molar-refractivity contribution in [3.05, 3.63) is 65.2 Å². The first-order chi connectivity index (χ1) is 9.09. The van der Waals surface area contributed by atoms with Crippen molar-refractivity contribution < 1.29 is 8.42 Å². The molecule has 4 heteroatoms. The average Bonchev–Trinajstić information content (AvgIpc) is 2.83. The van der Waals surface area contributed by atoms with Crippen molar-refractivity contribution in [2.24, 2.45) is 0 Å². The predicted octanol–water partition coefficient (Wildman–Crippen LogP) is 2.70. The molecule has 98 valence electrons. The topological polar surface area (TPSA) is 37.4 Å². The van der Waals surface area contributed by atoms with Crippen LogP contribution in [-0.4, -0.2) is 12.7 Å². The van der Waals surface area contributed by atoms with Gasteiger partial charge in [-0.25, -0.2) is 8.42 Å². The van der Waals surface area contributed by atoms with Gasteiger partial charge in [0.2, 0.25) is 10.0 Å². The summed E-state index contributed by atoms with van der Waals surface area (Å²) in [6.45, 7) is 2.76.